The summed E-state index contributed by atoms with van der Waals surface area (Å²) in [5.74, 6) is 1.02. The fourth-order valence-corrected chi connectivity index (χ4v) is 3.17. The number of benzene rings is 3. The van der Waals surface area contributed by atoms with Crippen molar-refractivity contribution < 1.29 is 9.53 Å². The molecule has 4 aromatic rings. The van der Waals surface area contributed by atoms with Crippen molar-refractivity contribution in [2.75, 3.05) is 10.6 Å². The lowest BCUT2D eigenvalue weighted by Gasteiger charge is -2.12. The van der Waals surface area contributed by atoms with Crippen LogP contribution in [-0.2, 0) is 6.42 Å². The Kier molecular flexibility index (Phi) is 6.24. The number of pyridine rings is 1. The average Bonchev–Trinajstić information content (AvgIpc) is 2.81. The van der Waals surface area contributed by atoms with E-state index in [1.165, 1.54) is 5.56 Å². The van der Waals surface area contributed by atoms with Crippen LogP contribution in [-0.4, -0.2) is 11.0 Å². The van der Waals surface area contributed by atoms with Gasteiger partial charge in [0.15, 0.2) is 0 Å². The van der Waals surface area contributed by atoms with Gasteiger partial charge >= 0.3 is 6.03 Å². The normalized spacial score (nSPS) is 10.4. The minimum absolute atomic E-state index is 0.338. The van der Waals surface area contributed by atoms with E-state index in [1.54, 1.807) is 18.3 Å². The summed E-state index contributed by atoms with van der Waals surface area (Å²) in [6.07, 6.45) is 2.54. The quantitative estimate of drug-likeness (QED) is 0.370. The predicted molar refractivity (Wildman–Crippen MR) is 125 cm³/mol. The van der Waals surface area contributed by atoms with Crippen LogP contribution >= 0.6 is 0 Å². The van der Waals surface area contributed by atoms with Gasteiger partial charge in [0.05, 0.1) is 0 Å². The molecule has 2 amide bonds. The standard InChI is InChI=1S/C26H23N3O2/c1-2-19-8-6-11-23(18-19)31-25-24(12-7-17-27-25)29-26(30)28-22-15-13-21(14-16-22)20-9-4-3-5-10-20/h3-18H,2H2,1H3,(H2,28,29,30). The lowest BCUT2D eigenvalue weighted by atomic mass is 10.1. The third kappa shape index (κ3) is 5.28. The number of nitrogens with zero attached hydrogens (tertiary/aromatic N) is 1. The fourth-order valence-electron chi connectivity index (χ4n) is 3.17. The molecule has 5 nitrogen and oxygen atoms in total. The molecule has 5 heteroatoms. The molecule has 0 saturated heterocycles. The Morgan fingerprint density at radius 2 is 1.61 bits per heavy atom. The highest BCUT2D eigenvalue weighted by molar-refractivity contribution is 6.00. The molecule has 2 N–H and O–H groups in total. The van der Waals surface area contributed by atoms with Crippen LogP contribution in [0.5, 0.6) is 11.6 Å². The minimum Gasteiger partial charge on any atom is -0.437 e. The number of anilines is 2. The molecule has 31 heavy (non-hydrogen) atoms. The SMILES string of the molecule is CCc1cccc(Oc2ncccc2NC(=O)Nc2ccc(-c3ccccc3)cc2)c1. The lowest BCUT2D eigenvalue weighted by molar-refractivity contribution is 0.262. The maximum absolute atomic E-state index is 12.5. The second-order valence-electron chi connectivity index (χ2n) is 6.98. The van der Waals surface area contributed by atoms with Crippen LogP contribution in [0.25, 0.3) is 11.1 Å². The Bertz CT molecular complexity index is 1160. The molecule has 0 aliphatic heterocycles. The zero-order valence-electron chi connectivity index (χ0n) is 17.2. The average molecular weight is 409 g/mol. The topological polar surface area (TPSA) is 63.2 Å². The van der Waals surface area contributed by atoms with Crippen molar-refractivity contribution in [3.8, 4) is 22.8 Å². The maximum atomic E-state index is 12.5. The first-order chi connectivity index (χ1) is 15.2. The van der Waals surface area contributed by atoms with Crippen molar-refractivity contribution in [2.45, 2.75) is 13.3 Å². The number of rotatable bonds is 6. The number of nitrogens with one attached hydrogen (secondary N) is 2. The van der Waals surface area contributed by atoms with Crippen LogP contribution in [0.2, 0.25) is 0 Å². The molecule has 0 unspecified atom stereocenters. The van der Waals surface area contributed by atoms with E-state index >= 15 is 0 Å². The Morgan fingerprint density at radius 1 is 0.839 bits per heavy atom. The molecule has 0 spiro atoms. The van der Waals surface area contributed by atoms with Gasteiger partial charge in [-0.1, -0.05) is 61.5 Å². The number of ether oxygens (including phenoxy) is 1. The number of hydrogen-bond donors (Lipinski definition) is 2. The molecule has 0 radical (unpaired) electrons. The molecule has 1 heterocycles. The molecule has 154 valence electrons. The summed E-state index contributed by atoms with van der Waals surface area (Å²) in [4.78, 5) is 16.8. The first-order valence-electron chi connectivity index (χ1n) is 10.2. The van der Waals surface area contributed by atoms with Crippen molar-refractivity contribution in [1.82, 2.24) is 4.98 Å². The smallest absolute Gasteiger partial charge is 0.323 e. The first-order valence-corrected chi connectivity index (χ1v) is 10.2. The van der Waals surface area contributed by atoms with Gasteiger partial charge in [0.2, 0.25) is 5.88 Å². The second-order valence-corrected chi connectivity index (χ2v) is 6.98. The number of aromatic nitrogens is 1. The number of amides is 2. The third-order valence-corrected chi connectivity index (χ3v) is 4.79. The molecule has 3 aromatic carbocycles. The van der Waals surface area contributed by atoms with Gasteiger partial charge in [-0.25, -0.2) is 9.78 Å². The molecule has 0 aliphatic carbocycles. The van der Waals surface area contributed by atoms with E-state index in [2.05, 4.69) is 34.7 Å². The molecular weight excluding hydrogens is 386 g/mol. The van der Waals surface area contributed by atoms with E-state index in [4.69, 9.17) is 4.74 Å². The molecule has 0 atom stereocenters. The number of carbonyl (C=O) groups is 1. The van der Waals surface area contributed by atoms with Gasteiger partial charge in [0.25, 0.3) is 0 Å². The fraction of sp³-hybridized carbons (Fsp3) is 0.0769. The van der Waals surface area contributed by atoms with Gasteiger partial charge in [-0.2, -0.15) is 0 Å². The van der Waals surface area contributed by atoms with Crippen molar-refractivity contribution in [2.24, 2.45) is 0 Å². The van der Waals surface area contributed by atoms with Gasteiger partial charge in [0, 0.05) is 11.9 Å². The number of hydrogen-bond acceptors (Lipinski definition) is 3. The zero-order chi connectivity index (χ0) is 21.5. The van der Waals surface area contributed by atoms with Crippen molar-refractivity contribution in [1.29, 1.82) is 0 Å². The third-order valence-electron chi connectivity index (χ3n) is 4.79. The van der Waals surface area contributed by atoms with Gasteiger partial charge in [-0.15, -0.1) is 0 Å². The highest BCUT2D eigenvalue weighted by Crippen LogP contribution is 2.28. The number of carbonyl (C=O) groups excluding carboxylic acids is 1. The summed E-state index contributed by atoms with van der Waals surface area (Å²) in [6, 6.07) is 28.7. The van der Waals surface area contributed by atoms with Crippen molar-refractivity contribution in [3.05, 3.63) is 103 Å². The van der Waals surface area contributed by atoms with Crippen LogP contribution in [0.1, 0.15) is 12.5 Å². The second kappa shape index (κ2) is 9.59. The molecule has 1 aromatic heterocycles. The summed E-state index contributed by atoms with van der Waals surface area (Å²) in [5, 5.41) is 5.66. The summed E-state index contributed by atoms with van der Waals surface area (Å²) in [5.41, 5.74) is 4.56. The molecule has 0 saturated carbocycles. The molecule has 0 fully saturated rings. The lowest BCUT2D eigenvalue weighted by Crippen LogP contribution is -2.19. The molecule has 0 aliphatic rings. The molecule has 4 rings (SSSR count). The van der Waals surface area contributed by atoms with Crippen LogP contribution in [0.4, 0.5) is 16.2 Å². The number of aryl methyl sites for hydroxylation is 1. The van der Waals surface area contributed by atoms with Gasteiger partial charge in [-0.3, -0.25) is 0 Å². The van der Waals surface area contributed by atoms with Gasteiger partial charge in [0.1, 0.15) is 11.4 Å². The van der Waals surface area contributed by atoms with Gasteiger partial charge < -0.3 is 15.4 Å². The van der Waals surface area contributed by atoms with E-state index in [0.29, 0.717) is 23.0 Å². The Morgan fingerprint density at radius 3 is 2.39 bits per heavy atom. The summed E-state index contributed by atoms with van der Waals surface area (Å²) >= 11 is 0. The van der Waals surface area contributed by atoms with E-state index in [0.717, 1.165) is 17.5 Å². The highest BCUT2D eigenvalue weighted by Gasteiger charge is 2.10. The Balaban J connectivity index is 1.43. The zero-order valence-corrected chi connectivity index (χ0v) is 17.2. The maximum Gasteiger partial charge on any atom is 0.323 e. The van der Waals surface area contributed by atoms with Crippen molar-refractivity contribution in [3.63, 3.8) is 0 Å². The van der Waals surface area contributed by atoms with Crippen LogP contribution in [0.15, 0.2) is 97.2 Å². The van der Waals surface area contributed by atoms with Crippen LogP contribution in [0, 0.1) is 0 Å². The van der Waals surface area contributed by atoms with E-state index < -0.39 is 0 Å². The van der Waals surface area contributed by atoms with Gasteiger partial charge in [-0.05, 0) is 59.5 Å². The summed E-state index contributed by atoms with van der Waals surface area (Å²) < 4.78 is 5.91. The van der Waals surface area contributed by atoms with Crippen molar-refractivity contribution >= 4 is 17.4 Å². The first kappa shape index (κ1) is 20.2. The summed E-state index contributed by atoms with van der Waals surface area (Å²) in [7, 11) is 0. The molecular formula is C26H23N3O2. The van der Waals surface area contributed by atoms with Crippen LogP contribution < -0.4 is 15.4 Å². The highest BCUT2D eigenvalue weighted by atomic mass is 16.5. The van der Waals surface area contributed by atoms with E-state index in [-0.39, 0.29) is 6.03 Å². The Hall–Kier alpha value is -4.12. The number of urea groups is 1. The van der Waals surface area contributed by atoms with E-state index in [1.807, 2.05) is 66.7 Å². The molecule has 0 bridgehead atoms. The largest absolute Gasteiger partial charge is 0.437 e. The Labute approximate surface area is 181 Å². The summed E-state index contributed by atoms with van der Waals surface area (Å²) in [6.45, 7) is 2.09. The monoisotopic (exact) mass is 409 g/mol. The van der Waals surface area contributed by atoms with Crippen LogP contribution in [0.3, 0.4) is 0 Å². The minimum atomic E-state index is -0.368. The predicted octanol–water partition coefficient (Wildman–Crippen LogP) is 6.75. The van der Waals surface area contributed by atoms with E-state index in [9.17, 15) is 4.79 Å².